The molecule has 0 bridgehead atoms. The number of nitrogens with zero attached hydrogens (tertiary/aromatic N) is 3. The number of hydrogen-bond acceptors (Lipinski definition) is 4. The second-order valence-corrected chi connectivity index (χ2v) is 4.22. The fourth-order valence-electron chi connectivity index (χ4n) is 1.54. The van der Waals surface area contributed by atoms with Crippen LogP contribution in [0.2, 0.25) is 0 Å². The molecule has 98 valence electrons. The molecule has 2 rings (SSSR count). The normalized spacial score (nSPS) is 16.1. The minimum absolute atomic E-state index is 0.361. The molecule has 1 heterocycles. The molecule has 1 aromatic rings. The highest BCUT2D eigenvalue weighted by molar-refractivity contribution is 6.68. The van der Waals surface area contributed by atoms with E-state index in [0.717, 1.165) is 5.56 Å². The molecule has 0 saturated carbocycles. The highest BCUT2D eigenvalue weighted by atomic mass is 35.5. The van der Waals surface area contributed by atoms with E-state index in [-0.39, 0.29) is 6.17 Å². The maximum atomic E-state index is 5.91. The number of benzene rings is 1. The molecule has 0 atom stereocenters. The largest absolute Gasteiger partial charge is 0.489 e. The maximum Gasteiger partial charge on any atom is 0.196 e. The summed E-state index contributed by atoms with van der Waals surface area (Å²) in [7, 11) is 1.62. The topological polar surface area (TPSA) is 46.3 Å². The van der Waals surface area contributed by atoms with E-state index in [2.05, 4.69) is 15.0 Å². The molecule has 0 aliphatic carbocycles. The summed E-state index contributed by atoms with van der Waals surface area (Å²) in [6.45, 7) is 0.447. The van der Waals surface area contributed by atoms with Crippen molar-refractivity contribution >= 4 is 29.2 Å². The van der Waals surface area contributed by atoms with Crippen LogP contribution in [-0.4, -0.2) is 30.8 Å². The lowest BCUT2D eigenvalue weighted by Crippen LogP contribution is -2.08. The van der Waals surface area contributed by atoms with Gasteiger partial charge in [-0.25, -0.2) is 0 Å². The van der Waals surface area contributed by atoms with Gasteiger partial charge in [0, 0.05) is 25.6 Å². The van der Waals surface area contributed by atoms with Crippen molar-refractivity contribution in [1.82, 2.24) is 0 Å². The number of halogens is 1. The van der Waals surface area contributed by atoms with E-state index in [1.807, 2.05) is 30.3 Å². The Morgan fingerprint density at radius 3 is 2.63 bits per heavy atom. The molecular weight excluding hydrogens is 262 g/mol. The van der Waals surface area contributed by atoms with Crippen LogP contribution in [0.4, 0.5) is 0 Å². The quantitative estimate of drug-likeness (QED) is 0.602. The van der Waals surface area contributed by atoms with Crippen LogP contribution in [0.15, 0.2) is 57.1 Å². The smallest absolute Gasteiger partial charge is 0.196 e. The van der Waals surface area contributed by atoms with Gasteiger partial charge in [0.25, 0.3) is 0 Å². The zero-order valence-electron chi connectivity index (χ0n) is 10.5. The number of hydrogen-bond donors (Lipinski definition) is 0. The van der Waals surface area contributed by atoms with Gasteiger partial charge < -0.3 is 4.74 Å². The first kappa shape index (κ1) is 13.5. The van der Waals surface area contributed by atoms with E-state index in [1.54, 1.807) is 25.6 Å². The van der Waals surface area contributed by atoms with Gasteiger partial charge in [-0.3, -0.25) is 15.0 Å². The summed E-state index contributed by atoms with van der Waals surface area (Å²) in [6.07, 6.45) is 4.57. The Bertz CT molecular complexity index is 523. The van der Waals surface area contributed by atoms with Crippen LogP contribution in [0.3, 0.4) is 0 Å². The van der Waals surface area contributed by atoms with Crippen molar-refractivity contribution in [3.8, 4) is 0 Å². The summed E-state index contributed by atoms with van der Waals surface area (Å²) in [6, 6.07) is 9.89. The highest BCUT2D eigenvalue weighted by Gasteiger charge is 2.15. The third-order valence-corrected chi connectivity index (χ3v) is 2.78. The molecular formula is C14H14ClN3O. The van der Waals surface area contributed by atoms with Crippen LogP contribution in [0, 0.1) is 0 Å². The van der Waals surface area contributed by atoms with Crippen LogP contribution < -0.4 is 0 Å². The van der Waals surface area contributed by atoms with Crippen LogP contribution in [0.25, 0.3) is 0 Å². The Kier molecular flexibility index (Phi) is 4.86. The molecule has 1 aromatic carbocycles. The van der Waals surface area contributed by atoms with Crippen molar-refractivity contribution in [2.45, 2.75) is 12.8 Å². The summed E-state index contributed by atoms with van der Waals surface area (Å²) in [4.78, 5) is 12.2. The summed E-state index contributed by atoms with van der Waals surface area (Å²) in [5, 5.41) is 0.361. The van der Waals surface area contributed by atoms with E-state index < -0.39 is 0 Å². The molecule has 1 aliphatic heterocycles. The van der Waals surface area contributed by atoms with Gasteiger partial charge in [-0.15, -0.1) is 0 Å². The van der Waals surface area contributed by atoms with Crippen molar-refractivity contribution in [3.05, 3.63) is 47.7 Å². The van der Waals surface area contributed by atoms with Crippen molar-refractivity contribution < 1.29 is 4.74 Å². The average molecular weight is 276 g/mol. The van der Waals surface area contributed by atoms with Crippen molar-refractivity contribution in [2.24, 2.45) is 15.0 Å². The Balaban J connectivity index is 2.08. The Morgan fingerprint density at radius 2 is 2.00 bits per heavy atom. The lowest BCUT2D eigenvalue weighted by atomic mass is 10.2. The molecule has 0 N–H and O–H groups in total. The van der Waals surface area contributed by atoms with Crippen molar-refractivity contribution in [1.29, 1.82) is 0 Å². The van der Waals surface area contributed by atoms with Gasteiger partial charge in [0.2, 0.25) is 0 Å². The average Bonchev–Trinajstić information content (AvgIpc) is 2.98. The van der Waals surface area contributed by atoms with E-state index in [9.17, 15) is 0 Å². The Hall–Kier alpha value is -1.94. The van der Waals surface area contributed by atoms with E-state index >= 15 is 0 Å². The minimum atomic E-state index is -0.362. The first-order chi connectivity index (χ1) is 9.29. The minimum Gasteiger partial charge on any atom is -0.489 e. The summed E-state index contributed by atoms with van der Waals surface area (Å²) < 4.78 is 5.75. The number of rotatable bonds is 5. The van der Waals surface area contributed by atoms with Crippen LogP contribution in [-0.2, 0) is 11.3 Å². The van der Waals surface area contributed by atoms with Gasteiger partial charge in [0.1, 0.15) is 17.5 Å². The highest BCUT2D eigenvalue weighted by Crippen LogP contribution is 2.15. The molecule has 0 aromatic heterocycles. The standard InChI is InChI=1S/C14H14ClN3O/c1-16-13(15)9-12(14-17-7-8-18-14)19-10-11-5-3-2-4-6-11/h2-9,14H,10H2,1H3/b12-9+,16-13?. The van der Waals surface area contributed by atoms with Gasteiger partial charge in [-0.05, 0) is 5.56 Å². The third kappa shape index (κ3) is 4.03. The molecule has 0 unspecified atom stereocenters. The number of ether oxygens (including phenoxy) is 1. The molecule has 0 saturated heterocycles. The maximum absolute atomic E-state index is 5.91. The molecule has 0 amide bonds. The molecule has 19 heavy (non-hydrogen) atoms. The van der Waals surface area contributed by atoms with Crippen LogP contribution in [0.1, 0.15) is 5.56 Å². The van der Waals surface area contributed by atoms with Crippen molar-refractivity contribution in [3.63, 3.8) is 0 Å². The van der Waals surface area contributed by atoms with E-state index in [4.69, 9.17) is 16.3 Å². The molecule has 1 aliphatic rings. The van der Waals surface area contributed by atoms with E-state index in [1.165, 1.54) is 0 Å². The van der Waals surface area contributed by atoms with Crippen LogP contribution in [0.5, 0.6) is 0 Å². The molecule has 0 fully saturated rings. The first-order valence-corrected chi connectivity index (χ1v) is 6.23. The second-order valence-electron chi connectivity index (χ2n) is 3.84. The van der Waals surface area contributed by atoms with Crippen molar-refractivity contribution in [2.75, 3.05) is 7.05 Å². The lowest BCUT2D eigenvalue weighted by Gasteiger charge is -2.12. The molecule has 0 radical (unpaired) electrons. The molecule has 5 heteroatoms. The number of aliphatic imine (C=N–C) groups is 3. The van der Waals surface area contributed by atoms with E-state index in [0.29, 0.717) is 17.5 Å². The zero-order valence-corrected chi connectivity index (χ0v) is 11.3. The number of allylic oxidation sites excluding steroid dienone is 1. The fraction of sp³-hybridized carbons (Fsp3) is 0.214. The van der Waals surface area contributed by atoms with Gasteiger partial charge in [-0.2, -0.15) is 0 Å². The van der Waals surface area contributed by atoms with Gasteiger partial charge in [-0.1, -0.05) is 41.9 Å². The predicted octanol–water partition coefficient (Wildman–Crippen LogP) is 2.84. The second kappa shape index (κ2) is 6.85. The third-order valence-electron chi connectivity index (χ3n) is 2.50. The monoisotopic (exact) mass is 275 g/mol. The predicted molar refractivity (Wildman–Crippen MR) is 79.3 cm³/mol. The first-order valence-electron chi connectivity index (χ1n) is 5.85. The summed E-state index contributed by atoms with van der Waals surface area (Å²) in [5.74, 6) is 0.587. The SMILES string of the molecule is CN=C(Cl)/C=C(/OCc1ccccc1)C1N=CC=N1. The zero-order chi connectivity index (χ0) is 13.5. The van der Waals surface area contributed by atoms with Gasteiger partial charge in [0.15, 0.2) is 6.17 Å². The Morgan fingerprint density at radius 1 is 1.32 bits per heavy atom. The summed E-state index contributed by atoms with van der Waals surface area (Å²) >= 11 is 5.91. The van der Waals surface area contributed by atoms with Gasteiger partial charge in [0.05, 0.1) is 0 Å². The Labute approximate surface area is 117 Å². The van der Waals surface area contributed by atoms with Gasteiger partial charge >= 0.3 is 0 Å². The molecule has 4 nitrogen and oxygen atoms in total. The fourth-order valence-corrected chi connectivity index (χ4v) is 1.65. The molecule has 0 spiro atoms. The summed E-state index contributed by atoms with van der Waals surface area (Å²) in [5.41, 5.74) is 1.07. The van der Waals surface area contributed by atoms with Crippen LogP contribution >= 0.6 is 11.6 Å². The lowest BCUT2D eigenvalue weighted by molar-refractivity contribution is 0.183.